The lowest BCUT2D eigenvalue weighted by Gasteiger charge is -2.15. The summed E-state index contributed by atoms with van der Waals surface area (Å²) in [7, 11) is 0. The fourth-order valence-corrected chi connectivity index (χ4v) is 8.51. The fourth-order valence-electron chi connectivity index (χ4n) is 8.51. The second kappa shape index (κ2) is 15.1. The van der Waals surface area contributed by atoms with Crippen LogP contribution in [0.15, 0.2) is 223 Å². The van der Waals surface area contributed by atoms with E-state index in [1.54, 1.807) is 0 Å². The Morgan fingerprint density at radius 3 is 1.67 bits per heavy atom. The molecule has 0 atom stereocenters. The van der Waals surface area contributed by atoms with Gasteiger partial charge < -0.3 is 4.57 Å². The maximum absolute atomic E-state index is 8.96. The smallest absolute Gasteiger partial charge is 0.154 e. The van der Waals surface area contributed by atoms with Gasteiger partial charge in [0.25, 0.3) is 0 Å². The maximum Gasteiger partial charge on any atom is 0.154 e. The molecule has 8 aromatic carbocycles. The van der Waals surface area contributed by atoms with E-state index in [-0.39, 0.29) is 5.84 Å². The van der Waals surface area contributed by atoms with E-state index < -0.39 is 0 Å². The quantitative estimate of drug-likeness (QED) is 0.125. The first-order valence-electron chi connectivity index (χ1n) is 20.4. The first-order chi connectivity index (χ1) is 30.2. The number of pyridine rings is 1. The molecule has 0 fully saturated rings. The number of para-hydroxylation sites is 2. The molecule has 11 rings (SSSR count). The van der Waals surface area contributed by atoms with Gasteiger partial charge in [-0.25, -0.2) is 9.98 Å². The van der Waals surface area contributed by atoms with Crippen LogP contribution in [0.3, 0.4) is 0 Å². The summed E-state index contributed by atoms with van der Waals surface area (Å²) >= 11 is 0. The Labute approximate surface area is 352 Å². The first kappa shape index (κ1) is 35.8. The van der Waals surface area contributed by atoms with Crippen molar-refractivity contribution < 1.29 is 0 Å². The van der Waals surface area contributed by atoms with Gasteiger partial charge in [0, 0.05) is 49.5 Å². The lowest BCUT2D eigenvalue weighted by atomic mass is 10.0. The van der Waals surface area contributed by atoms with E-state index in [9.17, 15) is 0 Å². The Bertz CT molecular complexity index is 3450. The van der Waals surface area contributed by atoms with Crippen LogP contribution in [-0.2, 0) is 0 Å². The van der Waals surface area contributed by atoms with Gasteiger partial charge in [0.1, 0.15) is 0 Å². The zero-order valence-electron chi connectivity index (χ0n) is 33.1. The molecule has 3 heterocycles. The van der Waals surface area contributed by atoms with Crippen molar-refractivity contribution in [1.29, 1.82) is 5.41 Å². The van der Waals surface area contributed by atoms with Crippen molar-refractivity contribution in [2.24, 2.45) is 4.99 Å². The largest absolute Gasteiger partial charge is 0.309 e. The monoisotopic (exact) mass is 782 g/mol. The molecule has 0 bridgehead atoms. The molecule has 0 spiro atoms. The van der Waals surface area contributed by atoms with Gasteiger partial charge in [0.05, 0.1) is 33.5 Å². The van der Waals surface area contributed by atoms with E-state index in [0.29, 0.717) is 5.84 Å². The van der Waals surface area contributed by atoms with Gasteiger partial charge in [0.2, 0.25) is 0 Å². The van der Waals surface area contributed by atoms with E-state index in [1.807, 2.05) is 66.7 Å². The molecule has 6 heteroatoms. The molecule has 0 saturated carbocycles. The third kappa shape index (κ3) is 6.53. The number of nitrogens with zero attached hydrogens (tertiary/aromatic N) is 4. The minimum atomic E-state index is 0.180. The van der Waals surface area contributed by atoms with Crippen LogP contribution in [0.25, 0.3) is 82.9 Å². The van der Waals surface area contributed by atoms with Crippen molar-refractivity contribution in [3.63, 3.8) is 0 Å². The third-order valence-electron chi connectivity index (χ3n) is 11.4. The van der Waals surface area contributed by atoms with Crippen molar-refractivity contribution in [2.45, 2.75) is 0 Å². The fraction of sp³-hybridized carbons (Fsp3) is 0. The molecule has 11 aromatic rings. The van der Waals surface area contributed by atoms with E-state index in [0.717, 1.165) is 82.9 Å². The van der Waals surface area contributed by atoms with Gasteiger partial charge in [-0.05, 0) is 65.7 Å². The lowest BCUT2D eigenvalue weighted by molar-refractivity contribution is 1.08. The van der Waals surface area contributed by atoms with Crippen LogP contribution in [0.5, 0.6) is 0 Å². The number of aromatic nitrogens is 3. The molecule has 3 aromatic heterocycles. The van der Waals surface area contributed by atoms with Crippen LogP contribution in [0.1, 0.15) is 11.1 Å². The number of fused-ring (bicyclic) bond motifs is 6. The van der Waals surface area contributed by atoms with Crippen LogP contribution < -0.4 is 5.43 Å². The standard InChI is InChI=1S/C55H38N6/c56-54(38-19-6-2-7-20-38)58-55(39-21-8-3-9-22-39)59-61-51-32-13-11-28-45(51)47-35-52-46(36-53(47)61)44-27-10-12-31-50(44)60(52)43-26-15-25-42(34-43)49-30-16-29-48(57-49)41-24-14-23-40(33-41)37-17-4-1-5-18-37/h1-36H,(H2,56,58,59). The molecule has 0 aliphatic rings. The number of amidine groups is 2. The van der Waals surface area contributed by atoms with Crippen molar-refractivity contribution >= 4 is 55.3 Å². The molecule has 2 N–H and O–H groups in total. The first-order valence-corrected chi connectivity index (χ1v) is 20.4. The number of benzene rings is 8. The Morgan fingerprint density at radius 2 is 0.934 bits per heavy atom. The molecule has 0 radical (unpaired) electrons. The van der Waals surface area contributed by atoms with Gasteiger partial charge in [-0.2, -0.15) is 0 Å². The molecule has 0 saturated heterocycles. The average Bonchev–Trinajstić information content (AvgIpc) is 3.82. The minimum Gasteiger partial charge on any atom is -0.309 e. The molecule has 0 aliphatic heterocycles. The van der Waals surface area contributed by atoms with Gasteiger partial charge >= 0.3 is 0 Å². The number of hydrogen-bond acceptors (Lipinski definition) is 2. The highest BCUT2D eigenvalue weighted by molar-refractivity contribution is 6.20. The summed E-state index contributed by atoms with van der Waals surface area (Å²) in [5.41, 5.74) is 16.9. The number of nitrogens with one attached hydrogen (secondary N) is 2. The van der Waals surface area contributed by atoms with E-state index >= 15 is 0 Å². The highest BCUT2D eigenvalue weighted by Gasteiger charge is 2.19. The lowest BCUT2D eigenvalue weighted by Crippen LogP contribution is -2.25. The predicted octanol–water partition coefficient (Wildman–Crippen LogP) is 13.3. The molecule has 0 unspecified atom stereocenters. The third-order valence-corrected chi connectivity index (χ3v) is 11.4. The maximum atomic E-state index is 8.96. The second-order valence-corrected chi connectivity index (χ2v) is 15.1. The summed E-state index contributed by atoms with van der Waals surface area (Å²) in [6.45, 7) is 0. The van der Waals surface area contributed by atoms with Crippen LogP contribution in [-0.4, -0.2) is 25.9 Å². The zero-order valence-corrected chi connectivity index (χ0v) is 33.1. The van der Waals surface area contributed by atoms with E-state index in [2.05, 4.69) is 166 Å². The van der Waals surface area contributed by atoms with Gasteiger partial charge in [0.15, 0.2) is 11.7 Å². The summed E-state index contributed by atoms with van der Waals surface area (Å²) in [6, 6.07) is 75.4. The Kier molecular flexibility index (Phi) is 8.86. The van der Waals surface area contributed by atoms with Crippen LogP contribution in [0.2, 0.25) is 0 Å². The van der Waals surface area contributed by atoms with Crippen LogP contribution >= 0.6 is 0 Å². The van der Waals surface area contributed by atoms with E-state index in [1.165, 1.54) is 11.1 Å². The van der Waals surface area contributed by atoms with E-state index in [4.69, 9.17) is 15.4 Å². The minimum absolute atomic E-state index is 0.180. The summed E-state index contributed by atoms with van der Waals surface area (Å²) in [5, 5.41) is 13.5. The molecule has 6 nitrogen and oxygen atoms in total. The number of aliphatic imine (C=N–C) groups is 1. The van der Waals surface area contributed by atoms with Gasteiger partial charge in [-0.3, -0.25) is 15.5 Å². The Morgan fingerprint density at radius 1 is 0.410 bits per heavy atom. The zero-order chi connectivity index (χ0) is 40.7. The molecular weight excluding hydrogens is 745 g/mol. The number of rotatable bonds is 7. The topological polar surface area (TPSA) is 71.0 Å². The molecule has 61 heavy (non-hydrogen) atoms. The normalized spacial score (nSPS) is 11.8. The SMILES string of the molecule is N=C(/N=C(\Nn1c2ccccc2c2cc3c(cc21)c1ccccc1n3-c1cccc(-c2cccc(-c3cccc(-c4ccccc4)c3)n2)c1)c1ccccc1)c1ccccc1. The van der Waals surface area contributed by atoms with Crippen molar-refractivity contribution in [1.82, 2.24) is 14.2 Å². The van der Waals surface area contributed by atoms with Gasteiger partial charge in [-0.1, -0.05) is 164 Å². The summed E-state index contributed by atoms with van der Waals surface area (Å²) in [4.78, 5) is 10.1. The van der Waals surface area contributed by atoms with Crippen molar-refractivity contribution in [3.8, 4) is 39.3 Å². The predicted molar refractivity (Wildman–Crippen MR) is 253 cm³/mol. The highest BCUT2D eigenvalue weighted by Crippen LogP contribution is 2.39. The highest BCUT2D eigenvalue weighted by atomic mass is 15.4. The summed E-state index contributed by atoms with van der Waals surface area (Å²) < 4.78 is 4.49. The Balaban J connectivity index is 1.04. The summed E-state index contributed by atoms with van der Waals surface area (Å²) in [5.74, 6) is 0.762. The molecular formula is C55H38N6. The molecule has 288 valence electrons. The van der Waals surface area contributed by atoms with Crippen LogP contribution in [0.4, 0.5) is 0 Å². The van der Waals surface area contributed by atoms with Crippen molar-refractivity contribution in [3.05, 3.63) is 230 Å². The number of hydrogen-bond donors (Lipinski definition) is 2. The van der Waals surface area contributed by atoms with Crippen LogP contribution in [0, 0.1) is 5.41 Å². The molecule has 0 aliphatic carbocycles. The van der Waals surface area contributed by atoms with Crippen molar-refractivity contribution in [2.75, 3.05) is 5.43 Å². The second-order valence-electron chi connectivity index (χ2n) is 15.1. The average molecular weight is 783 g/mol. The summed E-state index contributed by atoms with van der Waals surface area (Å²) in [6.07, 6.45) is 0. The van der Waals surface area contributed by atoms with Gasteiger partial charge in [-0.15, -0.1) is 0 Å². The molecule has 0 amide bonds. The Hall–Kier alpha value is -8.35.